The highest BCUT2D eigenvalue weighted by Gasteiger charge is 2.16. The minimum Gasteiger partial charge on any atom is -0.358 e. The van der Waals surface area contributed by atoms with Gasteiger partial charge in [-0.05, 0) is 72.2 Å². The highest BCUT2D eigenvalue weighted by Crippen LogP contribution is 2.15. The SMILES string of the molecule is CCCCN(CCCSO[Si](C)(C)C)/C(=N\C(C)C)NC(C)C. The maximum absolute atomic E-state index is 5.87. The van der Waals surface area contributed by atoms with Gasteiger partial charge in [0.15, 0.2) is 5.96 Å². The second-order valence-electron chi connectivity index (χ2n) is 7.56. The first-order valence-corrected chi connectivity index (χ1v) is 13.4. The normalized spacial score (nSPS) is 13.0. The first kappa shape index (κ1) is 22.8. The average Bonchev–Trinajstić information content (AvgIpc) is 2.38. The molecular weight excluding hydrogens is 322 g/mol. The first-order chi connectivity index (χ1) is 10.7. The number of hydrogen-bond donors (Lipinski definition) is 1. The van der Waals surface area contributed by atoms with Crippen molar-refractivity contribution < 1.29 is 3.87 Å². The number of hydrogen-bond acceptors (Lipinski definition) is 3. The van der Waals surface area contributed by atoms with Crippen LogP contribution in [-0.4, -0.2) is 50.1 Å². The van der Waals surface area contributed by atoms with E-state index >= 15 is 0 Å². The van der Waals surface area contributed by atoms with Gasteiger partial charge in [0, 0.05) is 30.9 Å². The van der Waals surface area contributed by atoms with Crippen molar-refractivity contribution in [3.8, 4) is 0 Å². The molecule has 0 saturated heterocycles. The van der Waals surface area contributed by atoms with Gasteiger partial charge >= 0.3 is 0 Å². The van der Waals surface area contributed by atoms with Gasteiger partial charge in [0.2, 0.25) is 8.32 Å². The summed E-state index contributed by atoms with van der Waals surface area (Å²) in [6.45, 7) is 19.7. The van der Waals surface area contributed by atoms with Crippen molar-refractivity contribution in [2.45, 2.75) is 85.6 Å². The van der Waals surface area contributed by atoms with E-state index in [0.29, 0.717) is 12.1 Å². The molecule has 0 amide bonds. The maximum atomic E-state index is 5.87. The minimum absolute atomic E-state index is 0.310. The number of nitrogens with zero attached hydrogens (tertiary/aromatic N) is 2. The molecule has 0 bridgehead atoms. The van der Waals surface area contributed by atoms with Crippen LogP contribution in [0.15, 0.2) is 4.99 Å². The van der Waals surface area contributed by atoms with Crippen LogP contribution in [0.2, 0.25) is 19.6 Å². The molecule has 0 aromatic heterocycles. The number of unbranched alkanes of at least 4 members (excludes halogenated alkanes) is 1. The molecule has 0 saturated carbocycles. The van der Waals surface area contributed by atoms with Crippen molar-refractivity contribution in [2.75, 3.05) is 18.8 Å². The molecule has 0 radical (unpaired) electrons. The molecule has 0 atom stereocenters. The Kier molecular flexibility index (Phi) is 12.1. The Hall–Kier alpha value is -0.203. The van der Waals surface area contributed by atoms with Crippen molar-refractivity contribution >= 4 is 26.3 Å². The van der Waals surface area contributed by atoms with Gasteiger partial charge < -0.3 is 14.1 Å². The third-order valence-corrected chi connectivity index (χ3v) is 5.77. The summed E-state index contributed by atoms with van der Waals surface area (Å²) >= 11 is 1.64. The summed E-state index contributed by atoms with van der Waals surface area (Å²) in [5.41, 5.74) is 0. The number of aliphatic imine (C=N–C) groups is 1. The smallest absolute Gasteiger partial charge is 0.202 e. The van der Waals surface area contributed by atoms with E-state index in [4.69, 9.17) is 8.86 Å². The van der Waals surface area contributed by atoms with Gasteiger partial charge in [-0.3, -0.25) is 4.99 Å². The lowest BCUT2D eigenvalue weighted by molar-refractivity contribution is 0.386. The van der Waals surface area contributed by atoms with Crippen molar-refractivity contribution in [3.63, 3.8) is 0 Å². The molecule has 0 fully saturated rings. The molecule has 138 valence electrons. The van der Waals surface area contributed by atoms with Gasteiger partial charge in [0.05, 0.1) is 0 Å². The predicted molar refractivity (Wildman–Crippen MR) is 109 cm³/mol. The zero-order valence-electron chi connectivity index (χ0n) is 16.6. The van der Waals surface area contributed by atoms with Crippen LogP contribution < -0.4 is 5.32 Å². The van der Waals surface area contributed by atoms with Gasteiger partial charge in [0.25, 0.3) is 0 Å². The molecule has 0 aliphatic rings. The first-order valence-electron chi connectivity index (χ1n) is 9.05. The van der Waals surface area contributed by atoms with Crippen LogP contribution in [0, 0.1) is 0 Å². The van der Waals surface area contributed by atoms with Gasteiger partial charge in [-0.15, -0.1) is 0 Å². The maximum Gasteiger partial charge on any atom is 0.202 e. The molecule has 0 aliphatic heterocycles. The fourth-order valence-electron chi connectivity index (χ4n) is 1.92. The fourth-order valence-corrected chi connectivity index (χ4v) is 3.91. The van der Waals surface area contributed by atoms with E-state index in [1.54, 1.807) is 12.0 Å². The largest absolute Gasteiger partial charge is 0.358 e. The average molecular weight is 362 g/mol. The van der Waals surface area contributed by atoms with E-state index in [1.165, 1.54) is 12.8 Å². The number of guanidine groups is 1. The second kappa shape index (κ2) is 12.2. The zero-order valence-corrected chi connectivity index (χ0v) is 18.4. The van der Waals surface area contributed by atoms with Gasteiger partial charge in [-0.1, -0.05) is 13.3 Å². The molecule has 0 aliphatic carbocycles. The lowest BCUT2D eigenvalue weighted by atomic mass is 10.3. The standard InChI is InChI=1S/C17H39N3OSSi/c1-9-10-12-20(13-11-14-22-21-23(6,7)8)17(18-15(2)3)19-16(4)5/h15-16H,9-14H2,1-8H3,(H,18,19). The van der Waals surface area contributed by atoms with Crippen molar-refractivity contribution in [3.05, 3.63) is 0 Å². The fraction of sp³-hybridized carbons (Fsp3) is 0.941. The van der Waals surface area contributed by atoms with Crippen LogP contribution in [0.5, 0.6) is 0 Å². The lowest BCUT2D eigenvalue weighted by Crippen LogP contribution is -2.45. The van der Waals surface area contributed by atoms with Crippen molar-refractivity contribution in [1.29, 1.82) is 0 Å². The molecule has 23 heavy (non-hydrogen) atoms. The van der Waals surface area contributed by atoms with Gasteiger partial charge in [-0.25, -0.2) is 0 Å². The molecule has 0 aromatic carbocycles. The van der Waals surface area contributed by atoms with E-state index in [2.05, 4.69) is 64.5 Å². The summed E-state index contributed by atoms with van der Waals surface area (Å²) < 4.78 is 5.87. The highest BCUT2D eigenvalue weighted by molar-refractivity contribution is 7.95. The minimum atomic E-state index is -1.41. The molecular formula is C17H39N3OSSi. The summed E-state index contributed by atoms with van der Waals surface area (Å²) in [5.74, 6) is 2.10. The molecule has 4 nitrogen and oxygen atoms in total. The Morgan fingerprint density at radius 3 is 2.22 bits per heavy atom. The van der Waals surface area contributed by atoms with E-state index in [9.17, 15) is 0 Å². The van der Waals surface area contributed by atoms with E-state index in [0.717, 1.165) is 31.2 Å². The van der Waals surface area contributed by atoms with Crippen molar-refractivity contribution in [1.82, 2.24) is 10.2 Å². The molecule has 0 aromatic rings. The van der Waals surface area contributed by atoms with Crippen LogP contribution in [-0.2, 0) is 3.87 Å². The van der Waals surface area contributed by atoms with Crippen LogP contribution in [0.1, 0.15) is 53.9 Å². The topological polar surface area (TPSA) is 36.9 Å². The van der Waals surface area contributed by atoms with E-state index in [1.807, 2.05) is 0 Å². The Balaban J connectivity index is 4.57. The van der Waals surface area contributed by atoms with Crippen LogP contribution in [0.3, 0.4) is 0 Å². The van der Waals surface area contributed by atoms with Crippen LogP contribution in [0.4, 0.5) is 0 Å². The van der Waals surface area contributed by atoms with E-state index in [-0.39, 0.29) is 0 Å². The van der Waals surface area contributed by atoms with Gasteiger partial charge in [0.1, 0.15) is 0 Å². The summed E-state index contributed by atoms with van der Waals surface area (Å²) in [6.07, 6.45) is 3.53. The summed E-state index contributed by atoms with van der Waals surface area (Å²) in [6, 6.07) is 0.714. The predicted octanol–water partition coefficient (Wildman–Crippen LogP) is 4.74. The van der Waals surface area contributed by atoms with Gasteiger partial charge in [-0.2, -0.15) is 0 Å². The lowest BCUT2D eigenvalue weighted by Gasteiger charge is -2.29. The van der Waals surface area contributed by atoms with Crippen LogP contribution >= 0.6 is 12.0 Å². The Bertz CT molecular complexity index is 330. The quantitative estimate of drug-likeness (QED) is 0.190. The molecule has 0 rings (SSSR count). The van der Waals surface area contributed by atoms with Crippen molar-refractivity contribution in [2.24, 2.45) is 4.99 Å². The third kappa shape index (κ3) is 13.9. The summed E-state index contributed by atoms with van der Waals surface area (Å²) in [5, 5.41) is 3.53. The third-order valence-electron chi connectivity index (χ3n) is 2.84. The van der Waals surface area contributed by atoms with Crippen LogP contribution in [0.25, 0.3) is 0 Å². The van der Waals surface area contributed by atoms with E-state index < -0.39 is 8.32 Å². The molecule has 0 spiro atoms. The Morgan fingerprint density at radius 1 is 1.13 bits per heavy atom. The summed E-state index contributed by atoms with van der Waals surface area (Å²) in [4.78, 5) is 7.22. The molecule has 1 N–H and O–H groups in total. The Morgan fingerprint density at radius 2 is 1.74 bits per heavy atom. The molecule has 6 heteroatoms. The Labute approximate surface area is 150 Å². The molecule has 0 unspecified atom stereocenters. The zero-order chi connectivity index (χ0) is 17.9. The summed E-state index contributed by atoms with van der Waals surface area (Å²) in [7, 11) is -1.41. The number of nitrogens with one attached hydrogen (secondary N) is 1. The number of rotatable bonds is 11. The second-order valence-corrected chi connectivity index (χ2v) is 13.1. The highest BCUT2D eigenvalue weighted by atomic mass is 32.2. The monoisotopic (exact) mass is 361 g/mol. The molecule has 0 heterocycles.